The molecule has 3 atom stereocenters. The summed E-state index contributed by atoms with van der Waals surface area (Å²) in [5.74, 6) is -0.599. The smallest absolute Gasteiger partial charge is 0.416 e. The molecule has 35 heavy (non-hydrogen) atoms. The van der Waals surface area contributed by atoms with Crippen molar-refractivity contribution in [1.29, 1.82) is 0 Å². The number of anilines is 2. The molecular formula is C20H22F3N4O4P3S. The first kappa shape index (κ1) is 27.3. The molecule has 3 aromatic rings. The molecule has 15 heteroatoms. The Kier molecular flexibility index (Phi) is 7.82. The van der Waals surface area contributed by atoms with Crippen LogP contribution in [-0.4, -0.2) is 31.2 Å². The van der Waals surface area contributed by atoms with Crippen LogP contribution in [0.4, 0.5) is 24.5 Å². The fourth-order valence-corrected chi connectivity index (χ4v) is 4.76. The van der Waals surface area contributed by atoms with Gasteiger partial charge in [-0.2, -0.15) is 18.3 Å². The zero-order chi connectivity index (χ0) is 26.2. The Morgan fingerprint density at radius 2 is 1.69 bits per heavy atom. The van der Waals surface area contributed by atoms with Crippen LogP contribution >= 0.6 is 27.7 Å². The van der Waals surface area contributed by atoms with Gasteiger partial charge in [0.1, 0.15) is 16.3 Å². The number of halogens is 3. The molecule has 3 rings (SSSR count). The van der Waals surface area contributed by atoms with Crippen LogP contribution < -0.4 is 14.8 Å². The minimum absolute atomic E-state index is 0.120. The number of carbonyl (C=O) groups excluding carboxylic acids is 1. The second-order valence-corrected chi connectivity index (χ2v) is 14.0. The Morgan fingerprint density at radius 1 is 1.03 bits per heavy atom. The summed E-state index contributed by atoms with van der Waals surface area (Å²) in [5.41, 5.74) is -0.569. The summed E-state index contributed by atoms with van der Waals surface area (Å²) < 4.78 is 74.3. The third kappa shape index (κ3) is 6.50. The van der Waals surface area contributed by atoms with Gasteiger partial charge in [-0.25, -0.2) is 8.42 Å². The molecule has 0 aliphatic rings. The average Bonchev–Trinajstić information content (AvgIpc) is 3.17. The van der Waals surface area contributed by atoms with Gasteiger partial charge in [0.15, 0.2) is 0 Å². The van der Waals surface area contributed by atoms with Crippen LogP contribution in [0.1, 0.15) is 21.6 Å². The third-order valence-electron chi connectivity index (χ3n) is 4.78. The van der Waals surface area contributed by atoms with Gasteiger partial charge in [-0.1, -0.05) is 0 Å². The Bertz CT molecular complexity index is 1340. The number of nitrogens with zero attached hydrogens (tertiary/aromatic N) is 2. The summed E-state index contributed by atoms with van der Waals surface area (Å²) in [6, 6.07) is 8.26. The molecule has 188 valence electrons. The van der Waals surface area contributed by atoms with Gasteiger partial charge in [-0.15, -0.1) is 27.7 Å². The van der Waals surface area contributed by atoms with Crippen molar-refractivity contribution in [2.45, 2.75) is 15.7 Å². The van der Waals surface area contributed by atoms with Crippen LogP contribution in [-0.2, 0) is 27.9 Å². The van der Waals surface area contributed by atoms with Gasteiger partial charge in [-0.3, -0.25) is 14.2 Å². The lowest BCUT2D eigenvalue weighted by molar-refractivity contribution is -0.137. The largest absolute Gasteiger partial charge is 0.495 e. The summed E-state index contributed by atoms with van der Waals surface area (Å²) in [7, 11) is 5.52. The molecule has 0 radical (unpaired) electrons. The maximum Gasteiger partial charge on any atom is 0.416 e. The number of alkyl halides is 3. The van der Waals surface area contributed by atoms with Crippen LogP contribution in [0.5, 0.6) is 5.75 Å². The number of aryl methyl sites for hydroxylation is 1. The second kappa shape index (κ2) is 10.0. The summed E-state index contributed by atoms with van der Waals surface area (Å²) in [4.78, 5) is 12.1. The first-order valence-electron chi connectivity index (χ1n) is 9.71. The number of benzene rings is 2. The molecule has 1 heterocycles. The Balaban J connectivity index is 1.95. The Hall–Kier alpha value is -2.25. The molecule has 1 aromatic heterocycles. The highest BCUT2D eigenvalue weighted by atomic mass is 32.2. The van der Waals surface area contributed by atoms with Gasteiger partial charge in [0.2, 0.25) is 0 Å². The van der Waals surface area contributed by atoms with Crippen molar-refractivity contribution in [1.82, 2.24) is 9.78 Å². The zero-order valence-corrected chi connectivity index (χ0v) is 22.7. The second-order valence-electron chi connectivity index (χ2n) is 7.50. The van der Waals surface area contributed by atoms with Gasteiger partial charge >= 0.3 is 6.18 Å². The van der Waals surface area contributed by atoms with Crippen molar-refractivity contribution in [3.05, 3.63) is 65.5 Å². The van der Waals surface area contributed by atoms with E-state index in [9.17, 15) is 26.4 Å². The summed E-state index contributed by atoms with van der Waals surface area (Å²) in [6.45, 7) is 0. The van der Waals surface area contributed by atoms with Crippen molar-refractivity contribution in [3.63, 3.8) is 0 Å². The highest BCUT2D eigenvalue weighted by Crippen LogP contribution is 2.47. The van der Waals surface area contributed by atoms with Gasteiger partial charge in [0, 0.05) is 35.3 Å². The minimum atomic E-state index is -4.69. The third-order valence-corrected chi connectivity index (χ3v) is 7.20. The quantitative estimate of drug-likeness (QED) is 0.419. The molecule has 0 spiro atoms. The molecule has 2 N–H and O–H groups in total. The monoisotopic (exact) mass is 564 g/mol. The van der Waals surface area contributed by atoms with Crippen LogP contribution in [0, 0.1) is 0 Å². The molecule has 3 unspecified atom stereocenters. The average molecular weight is 564 g/mol. The predicted octanol–water partition coefficient (Wildman–Crippen LogP) is 4.24. The number of nitrogens with one attached hydrogen (secondary N) is 2. The number of carbonyl (C=O) groups is 1. The summed E-state index contributed by atoms with van der Waals surface area (Å²) in [5, 5.41) is 6.52. The van der Waals surface area contributed by atoms with Gasteiger partial charge < -0.3 is 10.1 Å². The van der Waals surface area contributed by atoms with E-state index in [0.717, 1.165) is 6.07 Å². The van der Waals surface area contributed by atoms with Crippen LogP contribution in [0.15, 0.2) is 53.6 Å². The van der Waals surface area contributed by atoms with Crippen molar-refractivity contribution >= 4 is 55.0 Å². The van der Waals surface area contributed by atoms with Crippen LogP contribution in [0.2, 0.25) is 0 Å². The van der Waals surface area contributed by atoms with Crippen molar-refractivity contribution in [2.75, 3.05) is 17.1 Å². The molecule has 1 amide bonds. The van der Waals surface area contributed by atoms with Crippen LogP contribution in [0.25, 0.3) is 0 Å². The standard InChI is InChI=1S/C20H22F3N4O4P3S/c1-27-15(5-6-24-27)18(28)25-13-3-4-17(16(10-13)31-2)35(29,30)26-14-8-11(19(21,22)23)7-12(9-14)20(32,33)34/h3-10,26H,32-34H2,1-2H3,(H,25,28). The number of hydrogen-bond acceptors (Lipinski definition) is 5. The molecule has 2 aromatic carbocycles. The van der Waals surface area contributed by atoms with E-state index in [1.54, 1.807) is 7.05 Å². The minimum Gasteiger partial charge on any atom is -0.495 e. The first-order valence-corrected chi connectivity index (χ1v) is 12.9. The van der Waals surface area contributed by atoms with Gasteiger partial charge in [-0.05, 0) is 42.0 Å². The predicted molar refractivity (Wildman–Crippen MR) is 137 cm³/mol. The van der Waals surface area contributed by atoms with E-state index in [-0.39, 0.29) is 33.3 Å². The lowest BCUT2D eigenvalue weighted by Gasteiger charge is -2.22. The zero-order valence-electron chi connectivity index (χ0n) is 18.4. The van der Waals surface area contributed by atoms with Gasteiger partial charge in [0.05, 0.1) is 12.7 Å². The van der Waals surface area contributed by atoms with Crippen molar-refractivity contribution < 1.29 is 31.1 Å². The SMILES string of the molecule is COc1cc(NC(=O)c2ccnn2C)ccc1S(=O)(=O)Nc1cc(C(F)(F)F)cc(C(P)(P)P)c1. The lowest BCUT2D eigenvalue weighted by Crippen LogP contribution is -2.18. The number of hydrogen-bond donors (Lipinski definition) is 2. The molecular weight excluding hydrogens is 542 g/mol. The molecule has 0 saturated heterocycles. The molecule has 8 nitrogen and oxygen atoms in total. The summed E-state index contributed by atoms with van der Waals surface area (Å²) in [6.07, 6.45) is -3.24. The van der Waals surface area contributed by atoms with E-state index in [2.05, 4.69) is 42.9 Å². The van der Waals surface area contributed by atoms with E-state index < -0.39 is 32.3 Å². The number of rotatable bonds is 7. The van der Waals surface area contributed by atoms with E-state index >= 15 is 0 Å². The summed E-state index contributed by atoms with van der Waals surface area (Å²) >= 11 is 0. The first-order chi connectivity index (χ1) is 16.1. The van der Waals surface area contributed by atoms with Crippen LogP contribution in [0.3, 0.4) is 0 Å². The highest BCUT2D eigenvalue weighted by Gasteiger charge is 2.33. The number of sulfonamides is 1. The maximum atomic E-state index is 13.4. The van der Waals surface area contributed by atoms with E-state index in [1.807, 2.05) is 0 Å². The van der Waals surface area contributed by atoms with E-state index in [1.165, 1.54) is 48.3 Å². The number of methoxy groups -OCH3 is 1. The topological polar surface area (TPSA) is 102 Å². The Labute approximate surface area is 207 Å². The van der Waals surface area contributed by atoms with E-state index in [0.29, 0.717) is 6.07 Å². The fourth-order valence-electron chi connectivity index (χ4n) is 3.07. The van der Waals surface area contributed by atoms with Crippen molar-refractivity contribution in [2.24, 2.45) is 7.05 Å². The van der Waals surface area contributed by atoms with Crippen molar-refractivity contribution in [3.8, 4) is 5.75 Å². The highest BCUT2D eigenvalue weighted by molar-refractivity contribution is 7.92. The number of amides is 1. The molecule has 0 aliphatic carbocycles. The fraction of sp³-hybridized carbons (Fsp3) is 0.200. The normalized spacial score (nSPS) is 12.3. The molecule has 0 bridgehead atoms. The van der Waals surface area contributed by atoms with E-state index in [4.69, 9.17) is 4.74 Å². The lowest BCUT2D eigenvalue weighted by atomic mass is 10.1. The number of ether oxygens (including phenoxy) is 1. The molecule has 0 saturated carbocycles. The Morgan fingerprint density at radius 3 is 2.23 bits per heavy atom. The molecule has 0 aliphatic heterocycles. The van der Waals surface area contributed by atoms with Gasteiger partial charge in [0.25, 0.3) is 15.9 Å². The maximum absolute atomic E-state index is 13.4. The molecule has 0 fully saturated rings. The number of aromatic nitrogens is 2.